The second kappa shape index (κ2) is 5.76. The Morgan fingerprint density at radius 2 is 1.67 bits per heavy atom. The van der Waals surface area contributed by atoms with Gasteiger partial charge in [-0.05, 0) is 41.8 Å². The van der Waals surface area contributed by atoms with Crippen molar-refractivity contribution >= 4 is 27.3 Å². The summed E-state index contributed by atoms with van der Waals surface area (Å²) in [6.07, 6.45) is 1.14. The molecule has 0 fully saturated rings. The van der Waals surface area contributed by atoms with Gasteiger partial charge in [-0.2, -0.15) is 0 Å². The Labute approximate surface area is 88.1 Å². The third-order valence-corrected chi connectivity index (χ3v) is 4.06. The molecular weight excluding hydrogens is 232 g/mol. The Bertz CT molecular complexity index is 238. The Hall–Kier alpha value is 0.180. The molecule has 0 N–H and O–H groups in total. The first-order valence-corrected chi connectivity index (χ1v) is 6.02. The maximum atomic E-state index is 3.57. The summed E-state index contributed by atoms with van der Waals surface area (Å²) in [7, 11) is 0. The molecule has 1 aromatic rings. The normalized spacial score (nSPS) is 9.17. The molecular formula is C10H17BrS. The number of halogens is 1. The minimum absolute atomic E-state index is 1.14. The van der Waals surface area contributed by atoms with Crippen molar-refractivity contribution in [2.24, 2.45) is 0 Å². The van der Waals surface area contributed by atoms with E-state index in [2.05, 4.69) is 36.7 Å². The molecule has 1 rings (SSSR count). The zero-order valence-electron chi connectivity index (χ0n) is 8.49. The SMILES string of the molecule is CC.CCc1c(C)sc(C)c1Br. The van der Waals surface area contributed by atoms with Crippen LogP contribution in [0.25, 0.3) is 0 Å². The van der Waals surface area contributed by atoms with Crippen LogP contribution in [0.3, 0.4) is 0 Å². The molecule has 0 amide bonds. The third kappa shape index (κ3) is 2.60. The van der Waals surface area contributed by atoms with E-state index in [1.807, 2.05) is 25.2 Å². The molecule has 0 aliphatic rings. The summed E-state index contributed by atoms with van der Waals surface area (Å²) in [5.41, 5.74) is 1.47. The van der Waals surface area contributed by atoms with Gasteiger partial charge in [0.15, 0.2) is 0 Å². The van der Waals surface area contributed by atoms with Gasteiger partial charge in [0.25, 0.3) is 0 Å². The molecule has 0 bridgehead atoms. The van der Waals surface area contributed by atoms with Gasteiger partial charge in [0.2, 0.25) is 0 Å². The number of rotatable bonds is 1. The minimum Gasteiger partial charge on any atom is -0.145 e. The van der Waals surface area contributed by atoms with Crippen molar-refractivity contribution in [3.63, 3.8) is 0 Å². The van der Waals surface area contributed by atoms with Crippen molar-refractivity contribution in [1.82, 2.24) is 0 Å². The van der Waals surface area contributed by atoms with Gasteiger partial charge in [-0.15, -0.1) is 11.3 Å². The largest absolute Gasteiger partial charge is 0.145 e. The van der Waals surface area contributed by atoms with E-state index in [0.717, 1.165) is 6.42 Å². The molecule has 0 saturated carbocycles. The molecule has 2 heteroatoms. The fourth-order valence-electron chi connectivity index (χ4n) is 1.11. The van der Waals surface area contributed by atoms with Crippen molar-refractivity contribution in [1.29, 1.82) is 0 Å². The van der Waals surface area contributed by atoms with Gasteiger partial charge < -0.3 is 0 Å². The zero-order chi connectivity index (χ0) is 9.72. The fraction of sp³-hybridized carbons (Fsp3) is 0.600. The zero-order valence-corrected chi connectivity index (χ0v) is 10.9. The lowest BCUT2D eigenvalue weighted by atomic mass is 10.2. The molecule has 12 heavy (non-hydrogen) atoms. The van der Waals surface area contributed by atoms with Crippen LogP contribution in [0.4, 0.5) is 0 Å². The monoisotopic (exact) mass is 248 g/mol. The van der Waals surface area contributed by atoms with Crippen LogP contribution in [0, 0.1) is 13.8 Å². The molecule has 0 aliphatic carbocycles. The summed E-state index contributed by atoms with van der Waals surface area (Å²) in [6.45, 7) is 10.5. The topological polar surface area (TPSA) is 0 Å². The van der Waals surface area contributed by atoms with Crippen LogP contribution < -0.4 is 0 Å². The number of aryl methyl sites for hydroxylation is 2. The predicted molar refractivity (Wildman–Crippen MR) is 62.2 cm³/mol. The van der Waals surface area contributed by atoms with E-state index in [0.29, 0.717) is 0 Å². The molecule has 0 radical (unpaired) electrons. The smallest absolute Gasteiger partial charge is 0.0346 e. The van der Waals surface area contributed by atoms with Gasteiger partial charge in [-0.3, -0.25) is 0 Å². The lowest BCUT2D eigenvalue weighted by molar-refractivity contribution is 1.12. The first kappa shape index (κ1) is 12.2. The van der Waals surface area contributed by atoms with E-state index in [1.165, 1.54) is 19.8 Å². The maximum Gasteiger partial charge on any atom is 0.0346 e. The molecule has 0 aliphatic heterocycles. The van der Waals surface area contributed by atoms with Crippen molar-refractivity contribution in [2.45, 2.75) is 41.0 Å². The third-order valence-electron chi connectivity index (χ3n) is 1.66. The summed E-state index contributed by atoms with van der Waals surface area (Å²) in [4.78, 5) is 2.85. The van der Waals surface area contributed by atoms with E-state index in [1.54, 1.807) is 0 Å². The van der Waals surface area contributed by atoms with E-state index in [9.17, 15) is 0 Å². The predicted octanol–water partition coefficient (Wildman–Crippen LogP) is 4.72. The summed E-state index contributed by atoms with van der Waals surface area (Å²) >= 11 is 5.45. The number of thiophene rings is 1. The molecule has 0 spiro atoms. The van der Waals surface area contributed by atoms with Crippen LogP contribution in [-0.2, 0) is 6.42 Å². The maximum absolute atomic E-state index is 3.57. The van der Waals surface area contributed by atoms with Gasteiger partial charge in [-0.25, -0.2) is 0 Å². The van der Waals surface area contributed by atoms with E-state index < -0.39 is 0 Å². The fourth-order valence-corrected chi connectivity index (χ4v) is 3.10. The molecule has 70 valence electrons. The summed E-state index contributed by atoms with van der Waals surface area (Å²) < 4.78 is 1.32. The Kier molecular flexibility index (Phi) is 5.85. The summed E-state index contributed by atoms with van der Waals surface area (Å²) in [5, 5.41) is 0. The highest BCUT2D eigenvalue weighted by atomic mass is 79.9. The molecule has 0 nitrogen and oxygen atoms in total. The summed E-state index contributed by atoms with van der Waals surface area (Å²) in [5.74, 6) is 0. The van der Waals surface area contributed by atoms with Crippen LogP contribution in [0.1, 0.15) is 36.1 Å². The molecule has 0 atom stereocenters. The van der Waals surface area contributed by atoms with Gasteiger partial charge >= 0.3 is 0 Å². The van der Waals surface area contributed by atoms with Crippen molar-refractivity contribution < 1.29 is 0 Å². The second-order valence-electron chi connectivity index (χ2n) is 2.36. The highest BCUT2D eigenvalue weighted by Crippen LogP contribution is 2.31. The first-order valence-electron chi connectivity index (χ1n) is 4.41. The van der Waals surface area contributed by atoms with E-state index in [4.69, 9.17) is 0 Å². The van der Waals surface area contributed by atoms with E-state index in [-0.39, 0.29) is 0 Å². The second-order valence-corrected chi connectivity index (χ2v) is 4.58. The standard InChI is InChI=1S/C8H11BrS.C2H6/c1-4-7-5(2)10-6(3)8(7)9;1-2/h4H2,1-3H3;1-2H3. The van der Waals surface area contributed by atoms with Crippen molar-refractivity contribution in [3.8, 4) is 0 Å². The average Bonchev–Trinajstić information content (AvgIpc) is 2.31. The van der Waals surface area contributed by atoms with Crippen LogP contribution in [0.5, 0.6) is 0 Å². The Morgan fingerprint density at radius 1 is 1.17 bits per heavy atom. The highest BCUT2D eigenvalue weighted by Gasteiger charge is 2.07. The molecule has 0 aromatic carbocycles. The lowest BCUT2D eigenvalue weighted by Gasteiger charge is -1.93. The van der Waals surface area contributed by atoms with Crippen molar-refractivity contribution in [3.05, 3.63) is 19.8 Å². The summed E-state index contributed by atoms with van der Waals surface area (Å²) in [6, 6.07) is 0. The molecule has 0 saturated heterocycles. The Morgan fingerprint density at radius 3 is 1.83 bits per heavy atom. The average molecular weight is 249 g/mol. The highest BCUT2D eigenvalue weighted by molar-refractivity contribution is 9.10. The lowest BCUT2D eigenvalue weighted by Crippen LogP contribution is -1.78. The number of hydrogen-bond donors (Lipinski definition) is 0. The van der Waals surface area contributed by atoms with Gasteiger partial charge in [0.05, 0.1) is 0 Å². The van der Waals surface area contributed by atoms with Gasteiger partial charge in [-0.1, -0.05) is 20.8 Å². The van der Waals surface area contributed by atoms with Crippen LogP contribution >= 0.6 is 27.3 Å². The quantitative estimate of drug-likeness (QED) is 0.675. The molecule has 1 aromatic heterocycles. The Balaban J connectivity index is 0.000000561. The van der Waals surface area contributed by atoms with Gasteiger partial charge in [0.1, 0.15) is 0 Å². The van der Waals surface area contributed by atoms with E-state index >= 15 is 0 Å². The van der Waals surface area contributed by atoms with Crippen molar-refractivity contribution in [2.75, 3.05) is 0 Å². The molecule has 1 heterocycles. The van der Waals surface area contributed by atoms with Crippen LogP contribution in [-0.4, -0.2) is 0 Å². The number of hydrogen-bond acceptors (Lipinski definition) is 1. The van der Waals surface area contributed by atoms with Crippen LogP contribution in [0.15, 0.2) is 4.47 Å². The van der Waals surface area contributed by atoms with Crippen LogP contribution in [0.2, 0.25) is 0 Å². The molecule has 0 unspecified atom stereocenters. The first-order chi connectivity index (χ1) is 5.66. The van der Waals surface area contributed by atoms with Gasteiger partial charge in [0, 0.05) is 14.2 Å². The minimum atomic E-state index is 1.14.